The number of aldehydes is 1. The molecule has 0 N–H and O–H groups in total. The predicted octanol–water partition coefficient (Wildman–Crippen LogP) is 3.90. The van der Waals surface area contributed by atoms with Crippen LogP contribution in [0.3, 0.4) is 0 Å². The summed E-state index contributed by atoms with van der Waals surface area (Å²) < 4.78 is 0. The number of benzene rings is 1. The number of carbonyl (C=O) groups excluding carboxylic acids is 1. The van der Waals surface area contributed by atoms with E-state index >= 15 is 0 Å². The molecule has 1 aromatic carbocycles. The minimum atomic E-state index is 0.741. The van der Waals surface area contributed by atoms with Crippen LogP contribution in [0.5, 0.6) is 0 Å². The van der Waals surface area contributed by atoms with Crippen LogP contribution in [0, 0.1) is 5.92 Å². The van der Waals surface area contributed by atoms with E-state index in [2.05, 4.69) is 22.0 Å². The van der Waals surface area contributed by atoms with Gasteiger partial charge in [0.05, 0.1) is 0 Å². The largest absolute Gasteiger partial charge is 0.357 e. The van der Waals surface area contributed by atoms with Crippen molar-refractivity contribution in [1.82, 2.24) is 4.98 Å². The van der Waals surface area contributed by atoms with E-state index in [9.17, 15) is 4.79 Å². The van der Waals surface area contributed by atoms with Gasteiger partial charge in [0.25, 0.3) is 0 Å². The fourth-order valence-electron chi connectivity index (χ4n) is 2.76. The third kappa shape index (κ3) is 3.89. The second-order valence-electron chi connectivity index (χ2n) is 5.62. The van der Waals surface area contributed by atoms with Crippen molar-refractivity contribution in [3.63, 3.8) is 0 Å². The maximum Gasteiger partial charge on any atom is 0.150 e. The van der Waals surface area contributed by atoms with E-state index in [1.165, 1.54) is 17.7 Å². The Hall–Kier alpha value is -1.81. The number of thioether (sulfide) groups is 1. The van der Waals surface area contributed by atoms with E-state index in [1.807, 2.05) is 48.3 Å². The average molecular weight is 312 g/mol. The van der Waals surface area contributed by atoms with Gasteiger partial charge in [-0.25, -0.2) is 4.98 Å². The number of nitrogens with zero attached hydrogens (tertiary/aromatic N) is 2. The van der Waals surface area contributed by atoms with Crippen molar-refractivity contribution in [2.75, 3.05) is 23.7 Å². The number of hydrogen-bond donors (Lipinski definition) is 0. The number of aromatic nitrogens is 1. The molecule has 1 aliphatic heterocycles. The molecule has 0 saturated carbocycles. The molecule has 1 fully saturated rings. The zero-order valence-electron chi connectivity index (χ0n) is 12.5. The quantitative estimate of drug-likeness (QED) is 0.619. The first-order valence-corrected chi connectivity index (χ1v) is 8.68. The van der Waals surface area contributed by atoms with Gasteiger partial charge in [-0.1, -0.05) is 18.2 Å². The molecule has 1 aliphatic rings. The number of carbonyl (C=O) groups is 1. The van der Waals surface area contributed by atoms with E-state index in [1.54, 1.807) is 0 Å². The molecular formula is C18H20N2OS. The zero-order chi connectivity index (χ0) is 15.2. The second kappa shape index (κ2) is 7.45. The fourth-order valence-corrected chi connectivity index (χ4v) is 3.92. The van der Waals surface area contributed by atoms with Crippen molar-refractivity contribution in [3.05, 3.63) is 54.2 Å². The molecule has 3 nitrogen and oxygen atoms in total. The van der Waals surface area contributed by atoms with Crippen LogP contribution in [0.15, 0.2) is 53.6 Å². The summed E-state index contributed by atoms with van der Waals surface area (Å²) in [6.07, 6.45) is 5.18. The number of rotatable bonds is 5. The number of hydrogen-bond acceptors (Lipinski definition) is 4. The van der Waals surface area contributed by atoms with Crippen LogP contribution in [-0.2, 0) is 0 Å². The van der Waals surface area contributed by atoms with Gasteiger partial charge in [-0.2, -0.15) is 0 Å². The Morgan fingerprint density at radius 2 is 2.05 bits per heavy atom. The maximum absolute atomic E-state index is 10.8. The van der Waals surface area contributed by atoms with E-state index < -0.39 is 0 Å². The molecule has 0 amide bonds. The van der Waals surface area contributed by atoms with E-state index in [0.29, 0.717) is 0 Å². The molecule has 0 bridgehead atoms. The zero-order valence-corrected chi connectivity index (χ0v) is 13.3. The Morgan fingerprint density at radius 1 is 1.18 bits per heavy atom. The minimum absolute atomic E-state index is 0.741. The van der Waals surface area contributed by atoms with Crippen molar-refractivity contribution < 1.29 is 4.79 Å². The van der Waals surface area contributed by atoms with Gasteiger partial charge in [-0.3, -0.25) is 4.79 Å². The lowest BCUT2D eigenvalue weighted by molar-refractivity contribution is 0.112. The van der Waals surface area contributed by atoms with Crippen molar-refractivity contribution >= 4 is 23.9 Å². The highest BCUT2D eigenvalue weighted by atomic mass is 32.2. The molecule has 2 heterocycles. The Kier molecular flexibility index (Phi) is 5.11. The van der Waals surface area contributed by atoms with Gasteiger partial charge < -0.3 is 4.90 Å². The number of anilines is 1. The molecule has 0 atom stereocenters. The molecule has 4 heteroatoms. The van der Waals surface area contributed by atoms with Gasteiger partial charge in [-0.15, -0.1) is 11.8 Å². The molecule has 0 spiro atoms. The highest BCUT2D eigenvalue weighted by Crippen LogP contribution is 2.28. The fraction of sp³-hybridized carbons (Fsp3) is 0.333. The lowest BCUT2D eigenvalue weighted by atomic mass is 9.99. The van der Waals surface area contributed by atoms with Gasteiger partial charge in [0.15, 0.2) is 0 Å². The van der Waals surface area contributed by atoms with Crippen molar-refractivity contribution in [3.8, 4) is 0 Å². The van der Waals surface area contributed by atoms with Crippen molar-refractivity contribution in [2.45, 2.75) is 17.7 Å². The van der Waals surface area contributed by atoms with E-state index in [0.717, 1.165) is 42.4 Å². The van der Waals surface area contributed by atoms with E-state index in [4.69, 9.17) is 0 Å². The lowest BCUT2D eigenvalue weighted by Gasteiger charge is -2.32. The van der Waals surface area contributed by atoms with Gasteiger partial charge in [0.1, 0.15) is 12.1 Å². The van der Waals surface area contributed by atoms with Crippen LogP contribution in [0.1, 0.15) is 23.2 Å². The summed E-state index contributed by atoms with van der Waals surface area (Å²) >= 11 is 1.86. The third-order valence-electron chi connectivity index (χ3n) is 4.07. The summed E-state index contributed by atoms with van der Waals surface area (Å²) in [5.41, 5.74) is 0.759. The summed E-state index contributed by atoms with van der Waals surface area (Å²) in [5, 5.41) is 0. The van der Waals surface area contributed by atoms with Crippen LogP contribution >= 0.6 is 11.8 Å². The van der Waals surface area contributed by atoms with Crippen LogP contribution < -0.4 is 4.90 Å². The molecule has 0 unspecified atom stereocenters. The molecule has 1 aromatic heterocycles. The van der Waals surface area contributed by atoms with Crippen LogP contribution in [0.2, 0.25) is 0 Å². The van der Waals surface area contributed by atoms with Gasteiger partial charge in [0, 0.05) is 35.5 Å². The average Bonchev–Trinajstić information content (AvgIpc) is 2.61. The SMILES string of the molecule is O=Cc1cccc(SCC2CCN(c3ccccn3)CC2)c1. The molecule has 22 heavy (non-hydrogen) atoms. The van der Waals surface area contributed by atoms with Crippen molar-refractivity contribution in [2.24, 2.45) is 5.92 Å². The first-order valence-electron chi connectivity index (χ1n) is 7.69. The molecule has 3 rings (SSSR count). The first kappa shape index (κ1) is 15.1. The summed E-state index contributed by atoms with van der Waals surface area (Å²) in [6, 6.07) is 13.9. The summed E-state index contributed by atoms with van der Waals surface area (Å²) in [4.78, 5) is 18.8. The topological polar surface area (TPSA) is 33.2 Å². The summed E-state index contributed by atoms with van der Waals surface area (Å²) in [5.74, 6) is 2.95. The maximum atomic E-state index is 10.8. The summed E-state index contributed by atoms with van der Waals surface area (Å²) in [6.45, 7) is 2.16. The Bertz CT molecular complexity index is 609. The monoisotopic (exact) mass is 312 g/mol. The molecule has 0 aliphatic carbocycles. The summed E-state index contributed by atoms with van der Waals surface area (Å²) in [7, 11) is 0. The first-order chi connectivity index (χ1) is 10.8. The molecular weight excluding hydrogens is 292 g/mol. The molecule has 114 valence electrons. The normalized spacial score (nSPS) is 15.7. The molecule has 1 saturated heterocycles. The van der Waals surface area contributed by atoms with Crippen LogP contribution in [0.25, 0.3) is 0 Å². The smallest absolute Gasteiger partial charge is 0.150 e. The Morgan fingerprint density at radius 3 is 2.77 bits per heavy atom. The van der Waals surface area contributed by atoms with Gasteiger partial charge in [0.2, 0.25) is 0 Å². The van der Waals surface area contributed by atoms with Gasteiger partial charge in [-0.05, 0) is 43.0 Å². The number of piperidine rings is 1. The minimum Gasteiger partial charge on any atom is -0.357 e. The van der Waals surface area contributed by atoms with E-state index in [-0.39, 0.29) is 0 Å². The Labute approximate surface area is 135 Å². The van der Waals surface area contributed by atoms with Crippen LogP contribution in [0.4, 0.5) is 5.82 Å². The third-order valence-corrected chi connectivity index (χ3v) is 5.29. The predicted molar refractivity (Wildman–Crippen MR) is 91.7 cm³/mol. The van der Waals surface area contributed by atoms with Crippen LogP contribution in [-0.4, -0.2) is 30.1 Å². The molecule has 2 aromatic rings. The highest BCUT2D eigenvalue weighted by Gasteiger charge is 2.20. The Balaban J connectivity index is 1.49. The molecule has 0 radical (unpaired) electrons. The van der Waals surface area contributed by atoms with Crippen molar-refractivity contribution in [1.29, 1.82) is 0 Å². The standard InChI is InChI=1S/C18H20N2OS/c21-13-16-4-3-5-17(12-16)22-14-15-7-10-20(11-8-15)18-6-1-2-9-19-18/h1-6,9,12-13,15H,7-8,10-11,14H2. The number of pyridine rings is 1. The second-order valence-corrected chi connectivity index (χ2v) is 6.71. The highest BCUT2D eigenvalue weighted by molar-refractivity contribution is 7.99. The lowest BCUT2D eigenvalue weighted by Crippen LogP contribution is -2.34. The van der Waals surface area contributed by atoms with Gasteiger partial charge >= 0.3 is 0 Å².